The lowest BCUT2D eigenvalue weighted by Gasteiger charge is -2.01. The van der Waals surface area contributed by atoms with Crippen LogP contribution in [0.15, 0.2) is 18.6 Å². The predicted octanol–water partition coefficient (Wildman–Crippen LogP) is 2.26. The third-order valence-electron chi connectivity index (χ3n) is 1.63. The normalized spacial score (nSPS) is 10.3. The van der Waals surface area contributed by atoms with E-state index >= 15 is 0 Å². The summed E-state index contributed by atoms with van der Waals surface area (Å²) in [5.74, 6) is 1.18. The molecule has 15 heavy (non-hydrogen) atoms. The van der Waals surface area contributed by atoms with E-state index in [2.05, 4.69) is 20.3 Å². The van der Waals surface area contributed by atoms with Crippen molar-refractivity contribution in [1.29, 1.82) is 0 Å². The molecule has 0 spiro atoms. The van der Waals surface area contributed by atoms with Gasteiger partial charge in [-0.1, -0.05) is 11.6 Å². The van der Waals surface area contributed by atoms with Crippen LogP contribution >= 0.6 is 23.2 Å². The monoisotopic (exact) mass is 243 g/mol. The molecule has 2 rings (SSSR count). The van der Waals surface area contributed by atoms with Gasteiger partial charge in [0.05, 0.1) is 6.33 Å². The lowest BCUT2D eigenvalue weighted by molar-refractivity contribution is 0.913. The Bertz CT molecular complexity index is 461. The zero-order chi connectivity index (χ0) is 10.8. The molecule has 0 aromatic carbocycles. The summed E-state index contributed by atoms with van der Waals surface area (Å²) in [6, 6.07) is 1.57. The number of anilines is 2. The van der Waals surface area contributed by atoms with Crippen molar-refractivity contribution in [2.24, 2.45) is 7.05 Å². The maximum atomic E-state index is 5.72. The van der Waals surface area contributed by atoms with Crippen LogP contribution in [0.1, 0.15) is 0 Å². The van der Waals surface area contributed by atoms with Crippen molar-refractivity contribution in [2.75, 3.05) is 5.32 Å². The van der Waals surface area contributed by atoms with Crippen molar-refractivity contribution in [1.82, 2.24) is 19.5 Å². The Kier molecular flexibility index (Phi) is 2.75. The van der Waals surface area contributed by atoms with E-state index in [0.717, 1.165) is 0 Å². The summed E-state index contributed by atoms with van der Waals surface area (Å²) in [4.78, 5) is 11.8. The highest BCUT2D eigenvalue weighted by Crippen LogP contribution is 2.17. The lowest BCUT2D eigenvalue weighted by Crippen LogP contribution is -1.95. The van der Waals surface area contributed by atoms with E-state index in [1.165, 1.54) is 0 Å². The number of imidazole rings is 1. The molecule has 78 valence electrons. The molecule has 5 nitrogen and oxygen atoms in total. The van der Waals surface area contributed by atoms with Gasteiger partial charge in [0.2, 0.25) is 5.28 Å². The molecule has 0 aliphatic heterocycles. The molecule has 0 saturated carbocycles. The molecule has 0 atom stereocenters. The van der Waals surface area contributed by atoms with Gasteiger partial charge in [-0.15, -0.1) is 0 Å². The van der Waals surface area contributed by atoms with E-state index < -0.39 is 0 Å². The van der Waals surface area contributed by atoms with Crippen LogP contribution in [-0.2, 0) is 7.05 Å². The van der Waals surface area contributed by atoms with Gasteiger partial charge < -0.3 is 9.88 Å². The summed E-state index contributed by atoms with van der Waals surface area (Å²) in [7, 11) is 1.87. The smallest absolute Gasteiger partial charge is 0.225 e. The largest absolute Gasteiger partial charge is 0.338 e. The van der Waals surface area contributed by atoms with Crippen LogP contribution in [0.4, 0.5) is 11.6 Å². The molecule has 0 radical (unpaired) electrons. The minimum atomic E-state index is 0.0981. The average Bonchev–Trinajstić information content (AvgIpc) is 2.49. The average molecular weight is 244 g/mol. The fourth-order valence-corrected chi connectivity index (χ4v) is 1.47. The van der Waals surface area contributed by atoms with Crippen LogP contribution in [0.2, 0.25) is 10.4 Å². The minimum Gasteiger partial charge on any atom is -0.338 e. The van der Waals surface area contributed by atoms with E-state index in [1.54, 1.807) is 12.4 Å². The van der Waals surface area contributed by atoms with Crippen LogP contribution in [0.5, 0.6) is 0 Å². The van der Waals surface area contributed by atoms with Crippen molar-refractivity contribution in [2.45, 2.75) is 0 Å². The molecule has 0 amide bonds. The van der Waals surface area contributed by atoms with Crippen molar-refractivity contribution in [3.8, 4) is 0 Å². The van der Waals surface area contributed by atoms with E-state index in [9.17, 15) is 0 Å². The molecule has 0 unspecified atom stereocenters. The number of nitrogens with zero attached hydrogens (tertiary/aromatic N) is 4. The molecule has 1 N–H and O–H groups in total. The van der Waals surface area contributed by atoms with Crippen molar-refractivity contribution < 1.29 is 0 Å². The Morgan fingerprint density at radius 2 is 2.07 bits per heavy atom. The zero-order valence-electron chi connectivity index (χ0n) is 7.78. The molecule has 0 aliphatic carbocycles. The van der Waals surface area contributed by atoms with Crippen LogP contribution in [0.3, 0.4) is 0 Å². The Balaban J connectivity index is 2.24. The summed E-state index contributed by atoms with van der Waals surface area (Å²) in [5, 5.41) is 3.34. The first-order chi connectivity index (χ1) is 7.13. The van der Waals surface area contributed by atoms with Crippen molar-refractivity contribution in [3.05, 3.63) is 29.0 Å². The quantitative estimate of drug-likeness (QED) is 0.650. The summed E-state index contributed by atoms with van der Waals surface area (Å²) in [6.45, 7) is 0. The molecule has 0 saturated heterocycles. The van der Waals surface area contributed by atoms with Gasteiger partial charge in [-0.2, -0.15) is 0 Å². The summed E-state index contributed by atoms with van der Waals surface area (Å²) >= 11 is 11.4. The van der Waals surface area contributed by atoms with E-state index in [0.29, 0.717) is 11.6 Å². The van der Waals surface area contributed by atoms with E-state index in [-0.39, 0.29) is 10.4 Å². The second kappa shape index (κ2) is 4.04. The van der Waals surface area contributed by atoms with Crippen LogP contribution in [0.25, 0.3) is 0 Å². The van der Waals surface area contributed by atoms with Gasteiger partial charge >= 0.3 is 0 Å². The van der Waals surface area contributed by atoms with Crippen LogP contribution in [-0.4, -0.2) is 19.5 Å². The molecule has 0 bridgehead atoms. The number of halogens is 2. The van der Waals surface area contributed by atoms with Crippen LogP contribution < -0.4 is 5.32 Å². The third kappa shape index (κ3) is 2.57. The molecule has 7 heteroatoms. The molecule has 2 aromatic rings. The number of aromatic nitrogens is 4. The SMILES string of the molecule is Cn1cnc(Nc2cc(Cl)nc(Cl)n2)c1. The van der Waals surface area contributed by atoms with Gasteiger partial charge in [-0.05, 0) is 11.6 Å². The molecular formula is C8H7Cl2N5. The van der Waals surface area contributed by atoms with Crippen LogP contribution in [0, 0.1) is 0 Å². The van der Waals surface area contributed by atoms with Crippen molar-refractivity contribution >= 4 is 34.8 Å². The van der Waals surface area contributed by atoms with E-state index in [1.807, 2.05) is 17.8 Å². The number of aryl methyl sites for hydroxylation is 1. The zero-order valence-corrected chi connectivity index (χ0v) is 9.29. The summed E-state index contributed by atoms with van der Waals surface area (Å²) in [5.41, 5.74) is 0. The second-order valence-electron chi connectivity index (χ2n) is 2.89. The molecule has 0 aliphatic rings. The Morgan fingerprint density at radius 1 is 1.27 bits per heavy atom. The van der Waals surface area contributed by atoms with Gasteiger partial charge in [0, 0.05) is 19.3 Å². The number of hydrogen-bond acceptors (Lipinski definition) is 4. The molecule has 0 fully saturated rings. The number of rotatable bonds is 2. The fraction of sp³-hybridized carbons (Fsp3) is 0.125. The fourth-order valence-electron chi connectivity index (χ4n) is 1.06. The number of nitrogens with one attached hydrogen (secondary N) is 1. The molecule has 2 heterocycles. The van der Waals surface area contributed by atoms with Gasteiger partial charge in [0.25, 0.3) is 0 Å². The van der Waals surface area contributed by atoms with Gasteiger partial charge in [0.15, 0.2) is 0 Å². The standard InChI is InChI=1S/C8H7Cl2N5/c1-15-3-7(11-4-15)13-6-2-5(9)12-8(10)14-6/h2-4H,1H3,(H,12,13,14). The Labute approximate surface area is 96.1 Å². The Hall–Kier alpha value is -1.33. The third-order valence-corrected chi connectivity index (χ3v) is 1.99. The highest BCUT2D eigenvalue weighted by atomic mass is 35.5. The second-order valence-corrected chi connectivity index (χ2v) is 3.62. The summed E-state index contributed by atoms with van der Waals surface area (Å²) < 4.78 is 1.81. The Morgan fingerprint density at radius 3 is 2.67 bits per heavy atom. The van der Waals surface area contributed by atoms with Gasteiger partial charge in [0.1, 0.15) is 16.8 Å². The minimum absolute atomic E-state index is 0.0981. The highest BCUT2D eigenvalue weighted by molar-refractivity contribution is 6.32. The van der Waals surface area contributed by atoms with Gasteiger partial charge in [-0.25, -0.2) is 15.0 Å². The number of hydrogen-bond donors (Lipinski definition) is 1. The topological polar surface area (TPSA) is 55.6 Å². The molecule has 2 aromatic heterocycles. The first-order valence-electron chi connectivity index (χ1n) is 4.08. The predicted molar refractivity (Wildman–Crippen MR) is 58.5 cm³/mol. The van der Waals surface area contributed by atoms with E-state index in [4.69, 9.17) is 23.2 Å². The molecular weight excluding hydrogens is 237 g/mol. The lowest BCUT2D eigenvalue weighted by atomic mass is 10.5. The first-order valence-corrected chi connectivity index (χ1v) is 4.84. The van der Waals surface area contributed by atoms with Crippen molar-refractivity contribution in [3.63, 3.8) is 0 Å². The summed E-state index contributed by atoms with van der Waals surface area (Å²) in [6.07, 6.45) is 3.48. The first kappa shape index (κ1) is 10.2. The maximum Gasteiger partial charge on any atom is 0.225 e. The highest BCUT2D eigenvalue weighted by Gasteiger charge is 2.02. The van der Waals surface area contributed by atoms with Gasteiger partial charge in [-0.3, -0.25) is 0 Å². The maximum absolute atomic E-state index is 5.72.